The minimum Gasteiger partial charge on any atom is -0.493 e. The Bertz CT molecular complexity index is 667. The standard InChI is InChI=1S/C14H15BrN2O4/c1-7(2)21-13-11(20-3)5-4-8(15)12(13)9-6-10(14(18)19)17-16-9/h4-7H,1-3H3,(H,16,17)(H,18,19). The van der Waals surface area contributed by atoms with Crippen LogP contribution in [0.1, 0.15) is 24.3 Å². The number of ether oxygens (including phenoxy) is 2. The number of nitrogens with zero attached hydrogens (tertiary/aromatic N) is 1. The lowest BCUT2D eigenvalue weighted by molar-refractivity contribution is 0.0690. The number of carbonyl (C=O) groups is 1. The molecule has 0 aliphatic carbocycles. The van der Waals surface area contributed by atoms with E-state index in [1.807, 2.05) is 13.8 Å². The molecule has 1 heterocycles. The molecule has 7 heteroatoms. The Balaban J connectivity index is 2.61. The summed E-state index contributed by atoms with van der Waals surface area (Å²) in [6, 6.07) is 5.03. The van der Waals surface area contributed by atoms with E-state index in [0.717, 1.165) is 4.47 Å². The molecular weight excluding hydrogens is 340 g/mol. The normalized spacial score (nSPS) is 10.7. The van der Waals surface area contributed by atoms with Crippen LogP contribution in [0.5, 0.6) is 11.5 Å². The van der Waals surface area contributed by atoms with Crippen LogP contribution in [-0.4, -0.2) is 34.5 Å². The van der Waals surface area contributed by atoms with Gasteiger partial charge in [0, 0.05) is 4.47 Å². The fourth-order valence-corrected chi connectivity index (χ4v) is 2.37. The molecule has 0 atom stereocenters. The molecular formula is C14H15BrN2O4. The van der Waals surface area contributed by atoms with Gasteiger partial charge in [0.15, 0.2) is 11.5 Å². The van der Waals surface area contributed by atoms with Crippen molar-refractivity contribution in [3.8, 4) is 22.8 Å². The van der Waals surface area contributed by atoms with Gasteiger partial charge in [0.2, 0.25) is 0 Å². The summed E-state index contributed by atoms with van der Waals surface area (Å²) in [5, 5.41) is 15.5. The summed E-state index contributed by atoms with van der Waals surface area (Å²) in [6.07, 6.45) is -0.0650. The fraction of sp³-hybridized carbons (Fsp3) is 0.286. The topological polar surface area (TPSA) is 84.4 Å². The molecule has 2 N–H and O–H groups in total. The Morgan fingerprint density at radius 3 is 2.67 bits per heavy atom. The number of halogens is 1. The zero-order valence-electron chi connectivity index (χ0n) is 11.8. The molecule has 21 heavy (non-hydrogen) atoms. The molecule has 0 bridgehead atoms. The minimum absolute atomic E-state index is 0.00946. The molecule has 0 amide bonds. The van der Waals surface area contributed by atoms with Crippen molar-refractivity contribution in [3.05, 3.63) is 28.4 Å². The van der Waals surface area contributed by atoms with Crippen LogP contribution < -0.4 is 9.47 Å². The molecule has 0 aliphatic rings. The van der Waals surface area contributed by atoms with Gasteiger partial charge in [-0.25, -0.2) is 4.79 Å². The van der Waals surface area contributed by atoms with Gasteiger partial charge in [-0.05, 0) is 48.0 Å². The molecule has 0 saturated heterocycles. The summed E-state index contributed by atoms with van der Waals surface area (Å²) in [4.78, 5) is 11.0. The monoisotopic (exact) mass is 354 g/mol. The van der Waals surface area contributed by atoms with Crippen LogP contribution in [0.3, 0.4) is 0 Å². The van der Waals surface area contributed by atoms with E-state index in [-0.39, 0.29) is 11.8 Å². The van der Waals surface area contributed by atoms with Gasteiger partial charge in [-0.2, -0.15) is 5.10 Å². The fourth-order valence-electron chi connectivity index (χ4n) is 1.85. The van der Waals surface area contributed by atoms with Crippen molar-refractivity contribution in [3.63, 3.8) is 0 Å². The lowest BCUT2D eigenvalue weighted by Gasteiger charge is -2.17. The Hall–Kier alpha value is -2.02. The minimum atomic E-state index is -1.07. The number of aromatic amines is 1. The third-order valence-corrected chi connectivity index (χ3v) is 3.37. The Morgan fingerprint density at radius 1 is 1.43 bits per heavy atom. The number of aromatic nitrogens is 2. The van der Waals surface area contributed by atoms with Crippen molar-refractivity contribution in [1.29, 1.82) is 0 Å². The third kappa shape index (κ3) is 3.18. The Labute approximate surface area is 130 Å². The number of benzene rings is 1. The molecule has 0 fully saturated rings. The van der Waals surface area contributed by atoms with Crippen LogP contribution in [0.25, 0.3) is 11.3 Å². The molecule has 0 radical (unpaired) electrons. The van der Waals surface area contributed by atoms with Gasteiger partial charge in [-0.3, -0.25) is 5.10 Å². The van der Waals surface area contributed by atoms with E-state index >= 15 is 0 Å². The van der Waals surface area contributed by atoms with Crippen LogP contribution in [0.2, 0.25) is 0 Å². The van der Waals surface area contributed by atoms with E-state index in [1.54, 1.807) is 19.2 Å². The Morgan fingerprint density at radius 2 is 2.14 bits per heavy atom. The van der Waals surface area contributed by atoms with E-state index in [0.29, 0.717) is 22.8 Å². The lowest BCUT2D eigenvalue weighted by atomic mass is 10.1. The van der Waals surface area contributed by atoms with Gasteiger partial charge in [-0.1, -0.05) is 0 Å². The smallest absolute Gasteiger partial charge is 0.353 e. The van der Waals surface area contributed by atoms with Crippen molar-refractivity contribution in [2.75, 3.05) is 7.11 Å². The first-order valence-corrected chi connectivity index (χ1v) is 7.05. The number of rotatable bonds is 5. The average Bonchev–Trinajstić information content (AvgIpc) is 2.88. The van der Waals surface area contributed by atoms with Gasteiger partial charge in [0.25, 0.3) is 0 Å². The number of carboxylic acid groups (broad SMARTS) is 1. The average molecular weight is 355 g/mol. The van der Waals surface area contributed by atoms with Crippen LogP contribution in [0.4, 0.5) is 0 Å². The SMILES string of the molecule is COc1ccc(Br)c(-c2cc(C(=O)O)[nH]n2)c1OC(C)C. The van der Waals surface area contributed by atoms with Gasteiger partial charge >= 0.3 is 5.97 Å². The molecule has 0 unspecified atom stereocenters. The highest BCUT2D eigenvalue weighted by atomic mass is 79.9. The quantitative estimate of drug-likeness (QED) is 0.859. The van der Waals surface area contributed by atoms with Crippen molar-refractivity contribution in [2.45, 2.75) is 20.0 Å². The predicted molar refractivity (Wildman–Crippen MR) is 81.0 cm³/mol. The van der Waals surface area contributed by atoms with E-state index in [1.165, 1.54) is 6.07 Å². The number of methoxy groups -OCH3 is 1. The van der Waals surface area contributed by atoms with E-state index in [2.05, 4.69) is 26.1 Å². The van der Waals surface area contributed by atoms with Gasteiger partial charge in [-0.15, -0.1) is 0 Å². The summed E-state index contributed by atoms with van der Waals surface area (Å²) in [6.45, 7) is 3.80. The molecule has 1 aromatic carbocycles. The van der Waals surface area contributed by atoms with Crippen molar-refractivity contribution in [1.82, 2.24) is 10.2 Å². The first-order chi connectivity index (χ1) is 9.93. The second-order valence-corrected chi connectivity index (χ2v) is 5.45. The summed E-state index contributed by atoms with van der Waals surface area (Å²) in [7, 11) is 1.55. The van der Waals surface area contributed by atoms with Gasteiger partial charge in [0.1, 0.15) is 5.69 Å². The van der Waals surface area contributed by atoms with Crippen LogP contribution >= 0.6 is 15.9 Å². The maximum Gasteiger partial charge on any atom is 0.353 e. The number of nitrogens with one attached hydrogen (secondary N) is 1. The molecule has 0 spiro atoms. The van der Waals surface area contributed by atoms with E-state index in [4.69, 9.17) is 14.6 Å². The first kappa shape index (κ1) is 15.4. The lowest BCUT2D eigenvalue weighted by Crippen LogP contribution is -2.08. The maximum atomic E-state index is 11.0. The van der Waals surface area contributed by atoms with Crippen LogP contribution in [0.15, 0.2) is 22.7 Å². The van der Waals surface area contributed by atoms with E-state index in [9.17, 15) is 4.79 Å². The highest BCUT2D eigenvalue weighted by Crippen LogP contribution is 2.43. The van der Waals surface area contributed by atoms with Crippen molar-refractivity contribution in [2.24, 2.45) is 0 Å². The summed E-state index contributed by atoms with van der Waals surface area (Å²) in [5.41, 5.74) is 1.12. The molecule has 6 nitrogen and oxygen atoms in total. The highest BCUT2D eigenvalue weighted by Gasteiger charge is 2.20. The molecule has 2 rings (SSSR count). The number of hydrogen-bond acceptors (Lipinski definition) is 4. The van der Waals surface area contributed by atoms with Gasteiger partial charge in [0.05, 0.1) is 24.5 Å². The summed E-state index contributed by atoms with van der Waals surface area (Å²) >= 11 is 3.45. The Kier molecular flexibility index (Phi) is 4.52. The third-order valence-electron chi connectivity index (χ3n) is 2.71. The second kappa shape index (κ2) is 6.17. The van der Waals surface area contributed by atoms with E-state index < -0.39 is 5.97 Å². The number of H-pyrrole nitrogens is 1. The largest absolute Gasteiger partial charge is 0.493 e. The highest BCUT2D eigenvalue weighted by molar-refractivity contribution is 9.10. The predicted octanol–water partition coefficient (Wildman–Crippen LogP) is 3.33. The molecule has 112 valence electrons. The summed E-state index contributed by atoms with van der Waals surface area (Å²) in [5.74, 6) is 0.00573. The first-order valence-electron chi connectivity index (χ1n) is 6.26. The zero-order valence-corrected chi connectivity index (χ0v) is 13.4. The molecule has 0 saturated carbocycles. The number of carboxylic acids is 1. The second-order valence-electron chi connectivity index (χ2n) is 4.59. The molecule has 2 aromatic rings. The van der Waals surface area contributed by atoms with Gasteiger partial charge < -0.3 is 14.6 Å². The zero-order chi connectivity index (χ0) is 15.6. The number of hydrogen-bond donors (Lipinski definition) is 2. The summed E-state index contributed by atoms with van der Waals surface area (Å²) < 4.78 is 11.9. The van der Waals surface area contributed by atoms with Crippen molar-refractivity contribution >= 4 is 21.9 Å². The van der Waals surface area contributed by atoms with Crippen molar-refractivity contribution < 1.29 is 19.4 Å². The number of aromatic carboxylic acids is 1. The van der Waals surface area contributed by atoms with Crippen LogP contribution in [0, 0.1) is 0 Å². The molecule has 1 aromatic heterocycles. The maximum absolute atomic E-state index is 11.0. The van der Waals surface area contributed by atoms with Crippen LogP contribution in [-0.2, 0) is 0 Å². The molecule has 0 aliphatic heterocycles.